The van der Waals surface area contributed by atoms with Crippen LogP contribution in [-0.4, -0.2) is 30.1 Å². The van der Waals surface area contributed by atoms with Gasteiger partial charge in [-0.15, -0.1) is 0 Å². The van der Waals surface area contributed by atoms with E-state index in [9.17, 15) is 9.90 Å². The van der Waals surface area contributed by atoms with Gasteiger partial charge in [0.1, 0.15) is 0 Å². The largest absolute Gasteiger partial charge is 0.387 e. The summed E-state index contributed by atoms with van der Waals surface area (Å²) >= 11 is 5.98. The fourth-order valence-electron chi connectivity index (χ4n) is 2.08. The zero-order chi connectivity index (χ0) is 13.0. The highest BCUT2D eigenvalue weighted by atomic mass is 35.5. The first-order chi connectivity index (χ1) is 8.68. The van der Waals surface area contributed by atoms with Crippen molar-refractivity contribution in [3.05, 3.63) is 34.9 Å². The lowest BCUT2D eigenvalue weighted by Gasteiger charge is -2.16. The average Bonchev–Trinajstić information content (AvgIpc) is 2.90. The first-order valence-electron chi connectivity index (χ1n) is 6.12. The molecule has 5 heteroatoms. The number of aliphatic hydroxyl groups is 1. The van der Waals surface area contributed by atoms with Gasteiger partial charge in [-0.1, -0.05) is 29.8 Å². The monoisotopic (exact) mass is 268 g/mol. The van der Waals surface area contributed by atoms with Crippen molar-refractivity contribution >= 4 is 17.5 Å². The zero-order valence-corrected chi connectivity index (χ0v) is 10.8. The van der Waals surface area contributed by atoms with Gasteiger partial charge in [-0.25, -0.2) is 0 Å². The molecular formula is C13H17ClN2O2. The quantitative estimate of drug-likeness (QED) is 0.770. The van der Waals surface area contributed by atoms with Crippen molar-refractivity contribution in [2.24, 2.45) is 0 Å². The Bertz CT molecular complexity index is 419. The molecule has 0 aliphatic carbocycles. The molecular weight excluding hydrogens is 252 g/mol. The SMILES string of the molecule is O=C(NC[C@@H](O)c1ccccc1Cl)[C@H]1CCCN1. The molecule has 1 heterocycles. The first kappa shape index (κ1) is 13.3. The lowest BCUT2D eigenvalue weighted by atomic mass is 10.1. The Hall–Kier alpha value is -1.10. The van der Waals surface area contributed by atoms with E-state index in [0.29, 0.717) is 10.6 Å². The predicted molar refractivity (Wildman–Crippen MR) is 70.4 cm³/mol. The summed E-state index contributed by atoms with van der Waals surface area (Å²) < 4.78 is 0. The lowest BCUT2D eigenvalue weighted by Crippen LogP contribution is -2.41. The number of nitrogens with one attached hydrogen (secondary N) is 2. The number of amides is 1. The minimum atomic E-state index is -0.774. The van der Waals surface area contributed by atoms with E-state index in [1.807, 2.05) is 6.07 Å². The zero-order valence-electron chi connectivity index (χ0n) is 10.0. The second kappa shape index (κ2) is 6.18. The van der Waals surface area contributed by atoms with E-state index in [2.05, 4.69) is 10.6 Å². The molecule has 1 saturated heterocycles. The van der Waals surface area contributed by atoms with Crippen molar-refractivity contribution in [1.29, 1.82) is 0 Å². The van der Waals surface area contributed by atoms with Crippen LogP contribution in [0.1, 0.15) is 24.5 Å². The third kappa shape index (κ3) is 3.22. The first-order valence-corrected chi connectivity index (χ1v) is 6.50. The molecule has 0 spiro atoms. The van der Waals surface area contributed by atoms with E-state index < -0.39 is 6.10 Å². The summed E-state index contributed by atoms with van der Waals surface area (Å²) in [4.78, 5) is 11.7. The van der Waals surface area contributed by atoms with Crippen molar-refractivity contribution in [3.63, 3.8) is 0 Å². The minimum absolute atomic E-state index is 0.0568. The highest BCUT2D eigenvalue weighted by Gasteiger charge is 2.22. The Morgan fingerprint density at radius 2 is 2.33 bits per heavy atom. The fourth-order valence-corrected chi connectivity index (χ4v) is 2.35. The Kier molecular flexibility index (Phi) is 4.58. The maximum atomic E-state index is 11.7. The number of hydrogen-bond acceptors (Lipinski definition) is 3. The number of carbonyl (C=O) groups is 1. The van der Waals surface area contributed by atoms with Crippen LogP contribution in [-0.2, 0) is 4.79 Å². The summed E-state index contributed by atoms with van der Waals surface area (Å²) in [6.45, 7) is 1.06. The predicted octanol–water partition coefficient (Wildman–Crippen LogP) is 1.24. The Balaban J connectivity index is 1.86. The number of carbonyl (C=O) groups excluding carboxylic acids is 1. The number of hydrogen-bond donors (Lipinski definition) is 3. The lowest BCUT2D eigenvalue weighted by molar-refractivity contribution is -0.123. The van der Waals surface area contributed by atoms with E-state index in [0.717, 1.165) is 19.4 Å². The molecule has 1 aromatic carbocycles. The second-order valence-corrected chi connectivity index (χ2v) is 4.84. The van der Waals surface area contributed by atoms with Crippen LogP contribution in [0.2, 0.25) is 5.02 Å². The third-order valence-electron chi connectivity index (χ3n) is 3.11. The molecule has 1 aromatic rings. The molecule has 0 aromatic heterocycles. The topological polar surface area (TPSA) is 61.4 Å². The summed E-state index contributed by atoms with van der Waals surface area (Å²) in [5.41, 5.74) is 0.638. The van der Waals surface area contributed by atoms with Gasteiger partial charge >= 0.3 is 0 Å². The Labute approximate surface area is 111 Å². The molecule has 4 nitrogen and oxygen atoms in total. The van der Waals surface area contributed by atoms with Crippen LogP contribution in [0, 0.1) is 0 Å². The van der Waals surface area contributed by atoms with Gasteiger partial charge in [-0.2, -0.15) is 0 Å². The van der Waals surface area contributed by atoms with E-state index >= 15 is 0 Å². The van der Waals surface area contributed by atoms with E-state index in [-0.39, 0.29) is 18.5 Å². The molecule has 0 saturated carbocycles. The van der Waals surface area contributed by atoms with Crippen LogP contribution in [0.4, 0.5) is 0 Å². The van der Waals surface area contributed by atoms with E-state index in [4.69, 9.17) is 11.6 Å². The van der Waals surface area contributed by atoms with Crippen LogP contribution in [0.3, 0.4) is 0 Å². The molecule has 0 bridgehead atoms. The van der Waals surface area contributed by atoms with Crippen LogP contribution < -0.4 is 10.6 Å². The summed E-state index contributed by atoms with van der Waals surface area (Å²) in [7, 11) is 0. The fraction of sp³-hybridized carbons (Fsp3) is 0.462. The smallest absolute Gasteiger partial charge is 0.237 e. The molecule has 98 valence electrons. The van der Waals surface area contributed by atoms with Gasteiger partial charge in [0, 0.05) is 17.1 Å². The number of halogens is 1. The van der Waals surface area contributed by atoms with Crippen molar-refractivity contribution in [2.75, 3.05) is 13.1 Å². The van der Waals surface area contributed by atoms with Gasteiger partial charge in [-0.05, 0) is 25.5 Å². The molecule has 1 aliphatic rings. The van der Waals surface area contributed by atoms with Crippen molar-refractivity contribution in [1.82, 2.24) is 10.6 Å². The molecule has 1 fully saturated rings. The minimum Gasteiger partial charge on any atom is -0.387 e. The molecule has 0 unspecified atom stereocenters. The highest BCUT2D eigenvalue weighted by Crippen LogP contribution is 2.21. The van der Waals surface area contributed by atoms with Crippen molar-refractivity contribution in [2.45, 2.75) is 25.0 Å². The standard InChI is InChI=1S/C13H17ClN2O2/c14-10-5-2-1-4-9(10)12(17)8-16-13(18)11-6-3-7-15-11/h1-2,4-5,11-12,15,17H,3,6-8H2,(H,16,18)/t11-,12-/m1/s1. The third-order valence-corrected chi connectivity index (χ3v) is 3.45. The summed E-state index contributed by atoms with van der Waals surface area (Å²) in [5.74, 6) is -0.0568. The highest BCUT2D eigenvalue weighted by molar-refractivity contribution is 6.31. The maximum absolute atomic E-state index is 11.7. The second-order valence-electron chi connectivity index (χ2n) is 4.43. The van der Waals surface area contributed by atoms with Crippen molar-refractivity contribution in [3.8, 4) is 0 Å². The summed E-state index contributed by atoms with van der Waals surface area (Å²) in [6, 6.07) is 6.97. The number of rotatable bonds is 4. The van der Waals surface area contributed by atoms with Crippen LogP contribution in [0.25, 0.3) is 0 Å². The molecule has 2 rings (SSSR count). The maximum Gasteiger partial charge on any atom is 0.237 e. The van der Waals surface area contributed by atoms with Gasteiger partial charge in [0.25, 0.3) is 0 Å². The molecule has 18 heavy (non-hydrogen) atoms. The molecule has 3 N–H and O–H groups in total. The molecule has 0 radical (unpaired) electrons. The number of benzene rings is 1. The van der Waals surface area contributed by atoms with E-state index in [1.165, 1.54) is 0 Å². The van der Waals surface area contributed by atoms with Gasteiger partial charge in [0.05, 0.1) is 12.1 Å². The Morgan fingerprint density at radius 3 is 3.00 bits per heavy atom. The number of aliphatic hydroxyl groups excluding tert-OH is 1. The molecule has 1 amide bonds. The molecule has 2 atom stereocenters. The van der Waals surface area contributed by atoms with Gasteiger partial charge in [0.2, 0.25) is 5.91 Å². The van der Waals surface area contributed by atoms with Gasteiger partial charge in [0.15, 0.2) is 0 Å². The van der Waals surface area contributed by atoms with Gasteiger partial charge < -0.3 is 15.7 Å². The van der Waals surface area contributed by atoms with E-state index in [1.54, 1.807) is 18.2 Å². The van der Waals surface area contributed by atoms with Crippen LogP contribution in [0.15, 0.2) is 24.3 Å². The Morgan fingerprint density at radius 1 is 1.56 bits per heavy atom. The normalized spacial score (nSPS) is 20.7. The van der Waals surface area contributed by atoms with Crippen molar-refractivity contribution < 1.29 is 9.90 Å². The van der Waals surface area contributed by atoms with Crippen LogP contribution >= 0.6 is 11.6 Å². The molecule has 1 aliphatic heterocycles. The average molecular weight is 269 g/mol. The summed E-state index contributed by atoms with van der Waals surface area (Å²) in [5, 5.41) is 16.3. The van der Waals surface area contributed by atoms with Crippen LogP contribution in [0.5, 0.6) is 0 Å². The summed E-state index contributed by atoms with van der Waals surface area (Å²) in [6.07, 6.45) is 1.10. The van der Waals surface area contributed by atoms with Gasteiger partial charge in [-0.3, -0.25) is 4.79 Å².